The lowest BCUT2D eigenvalue weighted by Gasteiger charge is -2.18. The zero-order valence-corrected chi connectivity index (χ0v) is 16.3. The number of aryl methyl sites for hydroxylation is 1. The van der Waals surface area contributed by atoms with Gasteiger partial charge in [-0.1, -0.05) is 0 Å². The SMILES string of the molecule is COCOc1c(C)cc(Oc2ccc([N+](=O)[O-])c(N(C)C(=O)O)c2)c(C)c1C. The highest BCUT2D eigenvalue weighted by molar-refractivity contribution is 5.89. The molecule has 0 saturated carbocycles. The van der Waals surface area contributed by atoms with Crippen LogP contribution in [0.3, 0.4) is 0 Å². The normalized spacial score (nSPS) is 10.5. The molecule has 28 heavy (non-hydrogen) atoms. The van der Waals surface area contributed by atoms with Crippen molar-refractivity contribution >= 4 is 17.5 Å². The highest BCUT2D eigenvalue weighted by Crippen LogP contribution is 2.38. The van der Waals surface area contributed by atoms with Gasteiger partial charge in [-0.05, 0) is 49.6 Å². The van der Waals surface area contributed by atoms with Crippen LogP contribution in [-0.2, 0) is 4.74 Å². The number of amides is 1. The maximum atomic E-state index is 11.2. The standard InChI is InChI=1S/C19H22N2O7/c1-11-8-17(12(2)13(3)18(11)27-10-26-5)28-14-6-7-15(21(24)25)16(9-14)20(4)19(22)23/h6-9H,10H2,1-5H3,(H,22,23). The van der Waals surface area contributed by atoms with Crippen LogP contribution in [-0.4, -0.2) is 37.1 Å². The molecule has 0 bridgehead atoms. The van der Waals surface area contributed by atoms with E-state index >= 15 is 0 Å². The maximum Gasteiger partial charge on any atom is 0.411 e. The van der Waals surface area contributed by atoms with Gasteiger partial charge in [-0.2, -0.15) is 0 Å². The summed E-state index contributed by atoms with van der Waals surface area (Å²) in [5, 5.41) is 20.4. The summed E-state index contributed by atoms with van der Waals surface area (Å²) in [5.41, 5.74) is 2.12. The lowest BCUT2D eigenvalue weighted by Crippen LogP contribution is -2.24. The Kier molecular flexibility index (Phi) is 6.42. The zero-order valence-electron chi connectivity index (χ0n) is 16.3. The van der Waals surface area contributed by atoms with Gasteiger partial charge in [-0.3, -0.25) is 15.0 Å². The molecule has 150 valence electrons. The molecule has 0 heterocycles. The van der Waals surface area contributed by atoms with Gasteiger partial charge in [0.05, 0.1) is 4.92 Å². The first-order valence-corrected chi connectivity index (χ1v) is 8.32. The van der Waals surface area contributed by atoms with E-state index in [4.69, 9.17) is 14.2 Å². The van der Waals surface area contributed by atoms with Crippen LogP contribution in [0.15, 0.2) is 24.3 Å². The molecule has 9 nitrogen and oxygen atoms in total. The fourth-order valence-corrected chi connectivity index (χ4v) is 2.69. The van der Waals surface area contributed by atoms with Gasteiger partial charge in [0.15, 0.2) is 6.79 Å². The van der Waals surface area contributed by atoms with Crippen molar-refractivity contribution < 1.29 is 29.0 Å². The number of nitrogens with zero attached hydrogens (tertiary/aromatic N) is 2. The van der Waals surface area contributed by atoms with Crippen molar-refractivity contribution in [1.29, 1.82) is 0 Å². The lowest BCUT2D eigenvalue weighted by atomic mass is 10.0. The van der Waals surface area contributed by atoms with Gasteiger partial charge in [0.2, 0.25) is 0 Å². The molecule has 2 aromatic carbocycles. The molecule has 9 heteroatoms. The van der Waals surface area contributed by atoms with Crippen molar-refractivity contribution in [2.45, 2.75) is 20.8 Å². The molecule has 0 fully saturated rings. The predicted molar refractivity (Wildman–Crippen MR) is 103 cm³/mol. The van der Waals surface area contributed by atoms with Crippen molar-refractivity contribution in [3.63, 3.8) is 0 Å². The summed E-state index contributed by atoms with van der Waals surface area (Å²) >= 11 is 0. The molecule has 0 radical (unpaired) electrons. The number of methoxy groups -OCH3 is 1. The molecule has 0 aliphatic heterocycles. The number of rotatable bonds is 7. The predicted octanol–water partition coefficient (Wildman–Crippen LogP) is 4.41. The Bertz CT molecular complexity index is 912. The second-order valence-corrected chi connectivity index (χ2v) is 6.17. The highest BCUT2D eigenvalue weighted by Gasteiger charge is 2.22. The fraction of sp³-hybridized carbons (Fsp3) is 0.316. The summed E-state index contributed by atoms with van der Waals surface area (Å²) in [6.07, 6.45) is -1.32. The molecule has 2 aromatic rings. The number of nitro groups is 1. The van der Waals surface area contributed by atoms with E-state index in [1.54, 1.807) is 6.07 Å². The van der Waals surface area contributed by atoms with E-state index in [2.05, 4.69) is 0 Å². The average molecular weight is 390 g/mol. The van der Waals surface area contributed by atoms with Crippen LogP contribution in [0.25, 0.3) is 0 Å². The van der Waals surface area contributed by atoms with Gasteiger partial charge in [-0.15, -0.1) is 0 Å². The van der Waals surface area contributed by atoms with Gasteiger partial charge in [-0.25, -0.2) is 4.79 Å². The van der Waals surface area contributed by atoms with E-state index in [0.29, 0.717) is 11.5 Å². The van der Waals surface area contributed by atoms with Crippen molar-refractivity contribution in [1.82, 2.24) is 0 Å². The minimum atomic E-state index is -1.32. The Morgan fingerprint density at radius 3 is 2.46 bits per heavy atom. The van der Waals surface area contributed by atoms with E-state index in [0.717, 1.165) is 21.6 Å². The molecule has 0 spiro atoms. The van der Waals surface area contributed by atoms with Gasteiger partial charge >= 0.3 is 6.09 Å². The Balaban J connectivity index is 2.44. The minimum absolute atomic E-state index is 0.0823. The summed E-state index contributed by atoms with van der Waals surface area (Å²) in [6.45, 7) is 5.73. The molecule has 0 aromatic heterocycles. The number of carboxylic acid groups (broad SMARTS) is 1. The average Bonchev–Trinajstić information content (AvgIpc) is 2.64. The molecular weight excluding hydrogens is 368 g/mol. The van der Waals surface area contributed by atoms with Crippen LogP contribution in [0.1, 0.15) is 16.7 Å². The van der Waals surface area contributed by atoms with Crippen LogP contribution in [0.2, 0.25) is 0 Å². The summed E-state index contributed by atoms with van der Waals surface area (Å²) in [7, 11) is 2.77. The van der Waals surface area contributed by atoms with E-state index < -0.39 is 11.0 Å². The maximum absolute atomic E-state index is 11.2. The molecule has 0 unspecified atom stereocenters. The number of carbonyl (C=O) groups is 1. The summed E-state index contributed by atoms with van der Waals surface area (Å²) < 4.78 is 16.4. The number of hydrogen-bond donors (Lipinski definition) is 1. The Morgan fingerprint density at radius 1 is 1.21 bits per heavy atom. The Hall–Kier alpha value is -3.33. The molecule has 1 amide bonds. The molecule has 0 aliphatic carbocycles. The first kappa shape index (κ1) is 21.0. The van der Waals surface area contributed by atoms with Crippen LogP contribution < -0.4 is 14.4 Å². The van der Waals surface area contributed by atoms with Crippen LogP contribution in [0.5, 0.6) is 17.2 Å². The second-order valence-electron chi connectivity index (χ2n) is 6.17. The van der Waals surface area contributed by atoms with Crippen molar-refractivity contribution in [2.24, 2.45) is 0 Å². The molecule has 0 atom stereocenters. The first-order valence-electron chi connectivity index (χ1n) is 8.32. The molecular formula is C19H22N2O7. The Morgan fingerprint density at radius 2 is 1.89 bits per heavy atom. The third-order valence-corrected chi connectivity index (χ3v) is 4.32. The number of nitro benzene ring substituents is 1. The summed E-state index contributed by atoms with van der Waals surface area (Å²) in [5.74, 6) is 1.51. The van der Waals surface area contributed by atoms with E-state index in [1.165, 1.54) is 32.4 Å². The molecule has 0 saturated heterocycles. The van der Waals surface area contributed by atoms with Crippen molar-refractivity contribution in [2.75, 3.05) is 25.9 Å². The summed E-state index contributed by atoms with van der Waals surface area (Å²) in [6, 6.07) is 5.76. The number of ether oxygens (including phenoxy) is 3. The van der Waals surface area contributed by atoms with Crippen molar-refractivity contribution in [3.05, 3.63) is 51.1 Å². The topological polar surface area (TPSA) is 111 Å². The lowest BCUT2D eigenvalue weighted by molar-refractivity contribution is -0.384. The zero-order chi connectivity index (χ0) is 21.0. The van der Waals surface area contributed by atoms with Crippen LogP contribution in [0.4, 0.5) is 16.2 Å². The van der Waals surface area contributed by atoms with Crippen LogP contribution >= 0.6 is 0 Å². The second kappa shape index (κ2) is 8.57. The van der Waals surface area contributed by atoms with Crippen LogP contribution in [0, 0.1) is 30.9 Å². The third kappa shape index (κ3) is 4.32. The Labute approximate surface area is 162 Å². The van der Waals surface area contributed by atoms with E-state index in [-0.39, 0.29) is 23.9 Å². The molecule has 2 rings (SSSR count). The number of benzene rings is 2. The fourth-order valence-electron chi connectivity index (χ4n) is 2.69. The smallest absolute Gasteiger partial charge is 0.411 e. The van der Waals surface area contributed by atoms with Gasteiger partial charge < -0.3 is 19.3 Å². The largest absolute Gasteiger partial charge is 0.467 e. The third-order valence-electron chi connectivity index (χ3n) is 4.32. The van der Waals surface area contributed by atoms with Crippen molar-refractivity contribution in [3.8, 4) is 17.2 Å². The first-order chi connectivity index (χ1) is 13.2. The van der Waals surface area contributed by atoms with Gasteiger partial charge in [0.1, 0.15) is 22.9 Å². The summed E-state index contributed by atoms with van der Waals surface area (Å²) in [4.78, 5) is 22.6. The number of hydrogen-bond acceptors (Lipinski definition) is 6. The van der Waals surface area contributed by atoms with E-state index in [1.807, 2.05) is 20.8 Å². The van der Waals surface area contributed by atoms with Gasteiger partial charge in [0.25, 0.3) is 5.69 Å². The minimum Gasteiger partial charge on any atom is -0.467 e. The highest BCUT2D eigenvalue weighted by atomic mass is 16.7. The van der Waals surface area contributed by atoms with E-state index in [9.17, 15) is 20.0 Å². The molecule has 1 N–H and O–H groups in total. The quantitative estimate of drug-likeness (QED) is 0.423. The van der Waals surface area contributed by atoms with Gasteiger partial charge in [0, 0.05) is 26.3 Å². The number of anilines is 1. The monoisotopic (exact) mass is 390 g/mol. The molecule has 0 aliphatic rings.